The van der Waals surface area contributed by atoms with Crippen molar-refractivity contribution in [3.05, 3.63) is 22.4 Å². The van der Waals surface area contributed by atoms with Crippen molar-refractivity contribution in [3.8, 4) is 0 Å². The minimum absolute atomic E-state index is 0.159. The number of carbonyl (C=O) groups excluding carboxylic acids is 1. The van der Waals surface area contributed by atoms with Gasteiger partial charge in [-0.05, 0) is 61.5 Å². The fraction of sp³-hybridized carbons (Fsp3) is 0.615. The fourth-order valence-corrected chi connectivity index (χ4v) is 1.85. The molecule has 1 N–H and O–H groups in total. The minimum atomic E-state index is -0.159. The Morgan fingerprint density at radius 3 is 2.58 bits per heavy atom. The van der Waals surface area contributed by atoms with E-state index in [1.807, 2.05) is 0 Å². The molecule has 0 unspecified atom stereocenters. The number of nitrogens with one attached hydrogen (secondary N) is 1. The lowest BCUT2D eigenvalue weighted by molar-refractivity contribution is 0.0947. The Hall–Kier alpha value is -1.01. The van der Waals surface area contributed by atoms with Crippen molar-refractivity contribution in [2.24, 2.45) is 0 Å². The van der Waals surface area contributed by atoms with Crippen molar-refractivity contribution in [2.75, 3.05) is 27.2 Å². The molecule has 0 aliphatic rings. The first-order chi connectivity index (χ1) is 9.09. The molecule has 0 atom stereocenters. The van der Waals surface area contributed by atoms with Crippen molar-refractivity contribution in [1.82, 2.24) is 20.4 Å². The van der Waals surface area contributed by atoms with Crippen LogP contribution in [-0.4, -0.2) is 48.2 Å². The third-order valence-corrected chi connectivity index (χ3v) is 3.11. The summed E-state index contributed by atoms with van der Waals surface area (Å²) in [5, 5.41) is 10.4. The molecular weight excluding hydrogens is 304 g/mol. The minimum Gasteiger partial charge on any atom is -0.351 e. The maximum absolute atomic E-state index is 11.7. The predicted molar refractivity (Wildman–Crippen MR) is 79.1 cm³/mol. The first-order valence-corrected chi connectivity index (χ1v) is 7.31. The quantitative estimate of drug-likeness (QED) is 0.744. The van der Waals surface area contributed by atoms with Crippen LogP contribution < -0.4 is 5.32 Å². The molecule has 106 valence electrons. The predicted octanol–water partition coefficient (Wildman–Crippen LogP) is 2.09. The van der Waals surface area contributed by atoms with E-state index in [2.05, 4.69) is 50.4 Å². The van der Waals surface area contributed by atoms with Crippen LogP contribution in [0.5, 0.6) is 0 Å². The highest BCUT2D eigenvalue weighted by Gasteiger charge is 2.06. The standard InChI is InChI=1S/C13H21BrN4O/c1-18(2)10-6-4-3-5-9-15-13(19)11-7-8-12(14)17-16-11/h7-8H,3-6,9-10H2,1-2H3,(H,15,19)/i14-4. The van der Waals surface area contributed by atoms with Gasteiger partial charge in [0.2, 0.25) is 0 Å². The zero-order valence-corrected chi connectivity index (χ0v) is 13.1. The summed E-state index contributed by atoms with van der Waals surface area (Å²) in [6, 6.07) is 3.37. The molecule has 0 saturated heterocycles. The largest absolute Gasteiger partial charge is 0.351 e. The van der Waals surface area contributed by atoms with Crippen LogP contribution in [0, 0.1) is 0 Å². The summed E-state index contributed by atoms with van der Waals surface area (Å²) in [6.07, 6.45) is 4.55. The van der Waals surface area contributed by atoms with Crippen LogP contribution in [-0.2, 0) is 0 Å². The second-order valence-electron chi connectivity index (χ2n) is 4.71. The van der Waals surface area contributed by atoms with Crippen LogP contribution >= 0.6 is 15.9 Å². The number of amides is 1. The topological polar surface area (TPSA) is 58.1 Å². The van der Waals surface area contributed by atoms with Crippen molar-refractivity contribution in [1.29, 1.82) is 0 Å². The molecule has 1 amide bonds. The summed E-state index contributed by atoms with van der Waals surface area (Å²) < 4.78 is 0.630. The molecule has 19 heavy (non-hydrogen) atoms. The van der Waals surface area contributed by atoms with Gasteiger partial charge in [-0.3, -0.25) is 4.79 Å². The van der Waals surface area contributed by atoms with Crippen molar-refractivity contribution in [2.45, 2.75) is 25.7 Å². The maximum Gasteiger partial charge on any atom is 0.271 e. The second kappa shape index (κ2) is 8.98. The Labute approximate surface area is 122 Å². The molecule has 6 heteroatoms. The average molecular weight is 325 g/mol. The van der Waals surface area contributed by atoms with Crippen LogP contribution in [0.3, 0.4) is 0 Å². The molecule has 0 bridgehead atoms. The number of aromatic nitrogens is 2. The first-order valence-electron chi connectivity index (χ1n) is 6.52. The highest BCUT2D eigenvalue weighted by atomic mass is 75.9. The number of hydrogen-bond acceptors (Lipinski definition) is 4. The van der Waals surface area contributed by atoms with Gasteiger partial charge in [0.15, 0.2) is 5.69 Å². The molecule has 5 nitrogen and oxygen atoms in total. The van der Waals surface area contributed by atoms with E-state index in [4.69, 9.17) is 0 Å². The Morgan fingerprint density at radius 1 is 1.21 bits per heavy atom. The number of unbranched alkanes of at least 4 members (excludes halogenated alkanes) is 3. The number of halogens is 1. The van der Waals surface area contributed by atoms with E-state index in [9.17, 15) is 4.79 Å². The van der Waals surface area contributed by atoms with E-state index in [-0.39, 0.29) is 5.91 Å². The van der Waals surface area contributed by atoms with Gasteiger partial charge in [-0.25, -0.2) is 0 Å². The summed E-state index contributed by atoms with van der Waals surface area (Å²) >= 11 is 3.18. The van der Waals surface area contributed by atoms with Gasteiger partial charge in [0.05, 0.1) is 0 Å². The second-order valence-corrected chi connectivity index (χ2v) is 5.53. The van der Waals surface area contributed by atoms with E-state index >= 15 is 0 Å². The van der Waals surface area contributed by atoms with Crippen molar-refractivity contribution in [3.63, 3.8) is 0 Å². The Balaban J connectivity index is 2.09. The molecule has 0 aliphatic heterocycles. The van der Waals surface area contributed by atoms with E-state index in [0.29, 0.717) is 16.8 Å². The Morgan fingerprint density at radius 2 is 1.95 bits per heavy atom. The maximum atomic E-state index is 11.7. The molecule has 0 radical (unpaired) electrons. The SMILES string of the molecule is CN(C)CCCCCCNC(=O)c1ccc([76Br])nn1. The molecule has 1 rings (SSSR count). The smallest absolute Gasteiger partial charge is 0.271 e. The lowest BCUT2D eigenvalue weighted by Crippen LogP contribution is -2.25. The van der Waals surface area contributed by atoms with Crippen LogP contribution in [0.25, 0.3) is 0 Å². The molecule has 0 saturated carbocycles. The van der Waals surface area contributed by atoms with Gasteiger partial charge in [-0.15, -0.1) is 10.2 Å². The lowest BCUT2D eigenvalue weighted by atomic mass is 10.2. The molecule has 0 aromatic carbocycles. The van der Waals surface area contributed by atoms with E-state index in [0.717, 1.165) is 19.4 Å². The summed E-state index contributed by atoms with van der Waals surface area (Å²) in [7, 11) is 4.17. The summed E-state index contributed by atoms with van der Waals surface area (Å²) in [4.78, 5) is 13.9. The molecule has 0 fully saturated rings. The Bertz CT molecular complexity index is 381. The highest BCUT2D eigenvalue weighted by molar-refractivity contribution is 9.10. The first kappa shape index (κ1) is 16.0. The van der Waals surface area contributed by atoms with Crippen LogP contribution in [0.1, 0.15) is 36.2 Å². The van der Waals surface area contributed by atoms with Gasteiger partial charge in [0, 0.05) is 6.54 Å². The zero-order chi connectivity index (χ0) is 14.1. The van der Waals surface area contributed by atoms with E-state index < -0.39 is 0 Å². The molecule has 0 aliphatic carbocycles. The van der Waals surface area contributed by atoms with Crippen molar-refractivity contribution < 1.29 is 4.79 Å². The molecule has 1 heterocycles. The number of rotatable bonds is 8. The zero-order valence-electron chi connectivity index (χ0n) is 11.5. The van der Waals surface area contributed by atoms with Crippen LogP contribution in [0.4, 0.5) is 0 Å². The summed E-state index contributed by atoms with van der Waals surface area (Å²) in [6.45, 7) is 1.82. The van der Waals surface area contributed by atoms with Crippen LogP contribution in [0.15, 0.2) is 16.7 Å². The fourth-order valence-electron chi connectivity index (χ4n) is 1.64. The molecular formula is C13H21BrN4O. The summed E-state index contributed by atoms with van der Waals surface area (Å²) in [5.41, 5.74) is 0.357. The summed E-state index contributed by atoms with van der Waals surface area (Å²) in [5.74, 6) is -0.159. The molecule has 1 aromatic heterocycles. The molecule has 0 spiro atoms. The van der Waals surface area contributed by atoms with Gasteiger partial charge in [0.25, 0.3) is 5.91 Å². The van der Waals surface area contributed by atoms with Gasteiger partial charge in [-0.1, -0.05) is 12.8 Å². The number of carbonyl (C=O) groups is 1. The van der Waals surface area contributed by atoms with Gasteiger partial charge < -0.3 is 10.2 Å². The highest BCUT2D eigenvalue weighted by Crippen LogP contribution is 2.03. The van der Waals surface area contributed by atoms with Crippen molar-refractivity contribution >= 4 is 21.8 Å². The molecule has 1 aromatic rings. The Kier molecular flexibility index (Phi) is 7.59. The average Bonchev–Trinajstić information content (AvgIpc) is 2.38. The third kappa shape index (κ3) is 7.22. The lowest BCUT2D eigenvalue weighted by Gasteiger charge is -2.08. The van der Waals surface area contributed by atoms with Gasteiger partial charge in [0.1, 0.15) is 4.60 Å². The van der Waals surface area contributed by atoms with Gasteiger partial charge in [-0.2, -0.15) is 0 Å². The third-order valence-electron chi connectivity index (χ3n) is 2.68. The van der Waals surface area contributed by atoms with Crippen LogP contribution in [0.2, 0.25) is 0 Å². The monoisotopic (exact) mass is 325 g/mol. The number of hydrogen-bond donors (Lipinski definition) is 1. The van der Waals surface area contributed by atoms with E-state index in [1.54, 1.807) is 12.1 Å². The van der Waals surface area contributed by atoms with E-state index in [1.165, 1.54) is 12.8 Å². The van der Waals surface area contributed by atoms with Gasteiger partial charge >= 0.3 is 0 Å². The normalized spacial score (nSPS) is 10.7. The number of nitrogens with zero attached hydrogens (tertiary/aromatic N) is 3.